The number of hydrogen-bond donors (Lipinski definition) is 0. The molecule has 13 heteroatoms. The molecule has 1 aromatic rings. The van der Waals surface area contributed by atoms with E-state index < -0.39 is 58.8 Å². The lowest BCUT2D eigenvalue weighted by molar-refractivity contribution is -0.342. The third kappa shape index (κ3) is 3.17. The van der Waals surface area contributed by atoms with Crippen LogP contribution in [-0.4, -0.2) is 12.4 Å². The quantitative estimate of drug-likeness (QED) is 0.382. The Labute approximate surface area is 117 Å². The first-order valence-electron chi connectivity index (χ1n) is 5.07. The van der Waals surface area contributed by atoms with E-state index in [9.17, 15) is 57.1 Å². The summed E-state index contributed by atoms with van der Waals surface area (Å²) in [6.45, 7) is 0. The zero-order valence-electron chi connectivity index (χ0n) is 9.99. The van der Waals surface area contributed by atoms with Gasteiger partial charge in [-0.3, -0.25) is 0 Å². The summed E-state index contributed by atoms with van der Waals surface area (Å²) in [6.07, 6.45) is -13.6. The largest absolute Gasteiger partial charge is 0.406 e. The predicted octanol–water partition coefficient (Wildman–Crippen LogP) is 5.21. The number of hydrogen-bond acceptors (Lipinski definition) is 0. The second kappa shape index (κ2) is 5.44. The van der Waals surface area contributed by atoms with Gasteiger partial charge in [-0.2, -0.15) is 26.3 Å². The Kier molecular flexibility index (Phi) is 4.58. The molecule has 23 heavy (non-hydrogen) atoms. The van der Waals surface area contributed by atoms with Crippen molar-refractivity contribution in [3.63, 3.8) is 0 Å². The van der Waals surface area contributed by atoms with Crippen molar-refractivity contribution in [3.05, 3.63) is 34.6 Å². The molecule has 0 nitrogen and oxygen atoms in total. The number of alkyl halides is 8. The second-order valence-corrected chi connectivity index (χ2v) is 4.08. The maximum Gasteiger partial charge on any atom is 0.406 e. The smallest absolute Gasteiger partial charge is 0.203 e. The molecule has 0 radical (unpaired) electrons. The van der Waals surface area contributed by atoms with E-state index in [1.807, 2.05) is 0 Å². The molecule has 132 valence electrons. The van der Waals surface area contributed by atoms with Crippen LogP contribution in [0.2, 0.25) is 0 Å². The lowest BCUT2D eigenvalue weighted by atomic mass is 9.92. The van der Waals surface area contributed by atoms with Crippen LogP contribution in [0.3, 0.4) is 0 Å². The fourth-order valence-corrected chi connectivity index (χ4v) is 1.64. The van der Waals surface area contributed by atoms with Gasteiger partial charge in [0.1, 0.15) is 0 Å². The highest BCUT2D eigenvalue weighted by atomic mass is 19.4. The SMILES string of the molecule is Fc1c(F)c(F)c(C(F)(F)C(C(F)(F)F)C(F)(F)F)c(F)c1F. The first kappa shape index (κ1) is 19.4. The van der Waals surface area contributed by atoms with E-state index in [1.165, 1.54) is 0 Å². The van der Waals surface area contributed by atoms with Gasteiger partial charge in [-0.25, -0.2) is 30.7 Å². The Hall–Kier alpha value is -1.69. The average molecular weight is 368 g/mol. The van der Waals surface area contributed by atoms with E-state index in [-0.39, 0.29) is 0 Å². The number of rotatable bonds is 2. The normalized spacial score (nSPS) is 13.8. The first-order valence-corrected chi connectivity index (χ1v) is 5.07. The molecule has 0 atom stereocenters. The molecular weight excluding hydrogens is 367 g/mol. The van der Waals surface area contributed by atoms with Crippen molar-refractivity contribution < 1.29 is 57.1 Å². The lowest BCUT2D eigenvalue weighted by Gasteiger charge is -2.30. The Morgan fingerprint density at radius 1 is 0.478 bits per heavy atom. The number of benzene rings is 1. The van der Waals surface area contributed by atoms with E-state index in [0.29, 0.717) is 0 Å². The van der Waals surface area contributed by atoms with Crippen LogP contribution in [0.4, 0.5) is 57.1 Å². The van der Waals surface area contributed by atoms with Crippen molar-refractivity contribution in [3.8, 4) is 0 Å². The minimum Gasteiger partial charge on any atom is -0.203 e. The minimum atomic E-state index is -6.79. The Bertz CT molecular complexity index is 566. The van der Waals surface area contributed by atoms with Crippen LogP contribution >= 0.6 is 0 Å². The van der Waals surface area contributed by atoms with Crippen LogP contribution in [0.15, 0.2) is 0 Å². The molecule has 0 spiro atoms. The van der Waals surface area contributed by atoms with Gasteiger partial charge in [-0.05, 0) is 0 Å². The summed E-state index contributed by atoms with van der Waals surface area (Å²) in [5.41, 5.74) is -3.52. The van der Waals surface area contributed by atoms with Crippen molar-refractivity contribution >= 4 is 0 Å². The van der Waals surface area contributed by atoms with Crippen LogP contribution in [0.5, 0.6) is 0 Å². The highest BCUT2D eigenvalue weighted by molar-refractivity contribution is 5.29. The van der Waals surface area contributed by atoms with E-state index in [4.69, 9.17) is 0 Å². The molecule has 0 amide bonds. The van der Waals surface area contributed by atoms with Gasteiger partial charge in [0.15, 0.2) is 23.3 Å². The van der Waals surface area contributed by atoms with Gasteiger partial charge in [-0.1, -0.05) is 0 Å². The molecule has 0 bridgehead atoms. The first-order chi connectivity index (χ1) is 10.0. The van der Waals surface area contributed by atoms with Crippen molar-refractivity contribution in [2.24, 2.45) is 5.92 Å². The molecule has 0 fully saturated rings. The monoisotopic (exact) mass is 368 g/mol. The fraction of sp³-hybridized carbons (Fsp3) is 0.400. The molecule has 0 aromatic heterocycles. The zero-order valence-corrected chi connectivity index (χ0v) is 9.99. The van der Waals surface area contributed by atoms with Crippen LogP contribution in [-0.2, 0) is 5.92 Å². The third-order valence-electron chi connectivity index (χ3n) is 2.56. The maximum atomic E-state index is 13.4. The summed E-state index contributed by atoms with van der Waals surface area (Å²) in [7, 11) is 0. The summed E-state index contributed by atoms with van der Waals surface area (Å²) in [5, 5.41) is 0. The average Bonchev–Trinajstić information content (AvgIpc) is 2.29. The van der Waals surface area contributed by atoms with Crippen molar-refractivity contribution in [2.45, 2.75) is 18.3 Å². The van der Waals surface area contributed by atoms with Gasteiger partial charge in [0, 0.05) is 0 Å². The van der Waals surface area contributed by atoms with E-state index in [1.54, 1.807) is 0 Å². The molecule has 0 N–H and O–H groups in total. The molecule has 0 heterocycles. The zero-order chi connectivity index (χ0) is 18.5. The highest BCUT2D eigenvalue weighted by Crippen LogP contribution is 2.53. The van der Waals surface area contributed by atoms with E-state index in [2.05, 4.69) is 0 Å². The van der Waals surface area contributed by atoms with Gasteiger partial charge in [-0.15, -0.1) is 0 Å². The second-order valence-electron chi connectivity index (χ2n) is 4.08. The Morgan fingerprint density at radius 2 is 0.739 bits per heavy atom. The van der Waals surface area contributed by atoms with Crippen LogP contribution < -0.4 is 0 Å². The molecule has 1 aromatic carbocycles. The minimum absolute atomic E-state index is 3.02. The van der Waals surface area contributed by atoms with E-state index >= 15 is 0 Å². The summed E-state index contributed by atoms with van der Waals surface area (Å²) in [4.78, 5) is 0. The van der Waals surface area contributed by atoms with Crippen LogP contribution in [0.25, 0.3) is 0 Å². The summed E-state index contributed by atoms with van der Waals surface area (Å²) in [6, 6.07) is 0. The van der Waals surface area contributed by atoms with Crippen molar-refractivity contribution in [1.29, 1.82) is 0 Å². The predicted molar refractivity (Wildman–Crippen MR) is 45.7 cm³/mol. The molecule has 0 unspecified atom stereocenters. The van der Waals surface area contributed by atoms with E-state index in [0.717, 1.165) is 0 Å². The third-order valence-corrected chi connectivity index (χ3v) is 2.56. The lowest BCUT2D eigenvalue weighted by Crippen LogP contribution is -2.48. The molecule has 0 aliphatic rings. The van der Waals surface area contributed by atoms with Gasteiger partial charge in [0.25, 0.3) is 5.92 Å². The molecule has 1 rings (SSSR count). The van der Waals surface area contributed by atoms with Crippen molar-refractivity contribution in [1.82, 2.24) is 0 Å². The van der Waals surface area contributed by atoms with Gasteiger partial charge >= 0.3 is 12.4 Å². The van der Waals surface area contributed by atoms with Crippen LogP contribution in [0.1, 0.15) is 5.56 Å². The highest BCUT2D eigenvalue weighted by Gasteiger charge is 2.70. The molecule has 0 saturated carbocycles. The van der Waals surface area contributed by atoms with Crippen molar-refractivity contribution in [2.75, 3.05) is 0 Å². The molecule has 0 saturated heterocycles. The molecular formula is C10HF13. The molecule has 0 aliphatic carbocycles. The number of halogens is 13. The Balaban J connectivity index is 3.80. The summed E-state index contributed by atoms with van der Waals surface area (Å²) < 4.78 is 165. The fourth-order valence-electron chi connectivity index (χ4n) is 1.64. The maximum absolute atomic E-state index is 13.4. The van der Waals surface area contributed by atoms with Gasteiger partial charge < -0.3 is 0 Å². The summed E-state index contributed by atoms with van der Waals surface area (Å²) >= 11 is 0. The van der Waals surface area contributed by atoms with Gasteiger partial charge in [0.05, 0.1) is 5.56 Å². The van der Waals surface area contributed by atoms with Crippen LogP contribution in [0, 0.1) is 35.0 Å². The van der Waals surface area contributed by atoms with Gasteiger partial charge in [0.2, 0.25) is 11.7 Å². The molecule has 0 aliphatic heterocycles. The topological polar surface area (TPSA) is 0 Å². The standard InChI is InChI=1S/C10HF13/c11-2-1(3(12)5(14)6(15)4(2)13)8(16,17)7(9(18,19)20)10(21,22)23/h7H. The Morgan fingerprint density at radius 3 is 1.00 bits per heavy atom. The summed E-state index contributed by atoms with van der Waals surface area (Å²) in [5.74, 6) is -28.4.